The van der Waals surface area contributed by atoms with Gasteiger partial charge in [0, 0.05) is 22.9 Å². The SMILES string of the molecule is COP(=O)(Cc1ccc(C(=O)Nc2cc(-c3cccs3)ccc2N)cc1)c1ccccc1. The Labute approximate surface area is 191 Å². The minimum absolute atomic E-state index is 0.255. The number of thiophene rings is 1. The first-order valence-electron chi connectivity index (χ1n) is 10.0. The Morgan fingerprint density at radius 1 is 1.00 bits per heavy atom. The van der Waals surface area contributed by atoms with E-state index in [1.54, 1.807) is 53.8 Å². The maximum absolute atomic E-state index is 13.3. The molecule has 1 heterocycles. The van der Waals surface area contributed by atoms with Gasteiger partial charge in [0.05, 0.1) is 17.5 Å². The highest BCUT2D eigenvalue weighted by atomic mass is 32.1. The predicted molar refractivity (Wildman–Crippen MR) is 133 cm³/mol. The summed E-state index contributed by atoms with van der Waals surface area (Å²) in [5.41, 5.74) is 9.46. The third-order valence-electron chi connectivity index (χ3n) is 5.16. The lowest BCUT2D eigenvalue weighted by molar-refractivity contribution is 0.102. The number of nitrogen functional groups attached to an aromatic ring is 1. The van der Waals surface area contributed by atoms with Gasteiger partial charge in [-0.1, -0.05) is 42.5 Å². The Hall–Kier alpha value is -3.18. The summed E-state index contributed by atoms with van der Waals surface area (Å²) in [6.07, 6.45) is 0.255. The number of hydrogen-bond acceptors (Lipinski definition) is 5. The fraction of sp³-hybridized carbons (Fsp3) is 0.0800. The molecule has 5 nitrogen and oxygen atoms in total. The van der Waals surface area contributed by atoms with E-state index in [0.717, 1.165) is 16.0 Å². The highest BCUT2D eigenvalue weighted by Crippen LogP contribution is 2.48. The van der Waals surface area contributed by atoms with Crippen LogP contribution >= 0.6 is 18.7 Å². The minimum Gasteiger partial charge on any atom is -0.397 e. The molecule has 0 aliphatic carbocycles. The van der Waals surface area contributed by atoms with Gasteiger partial charge in [-0.25, -0.2) is 0 Å². The van der Waals surface area contributed by atoms with Crippen molar-refractivity contribution in [1.82, 2.24) is 0 Å². The summed E-state index contributed by atoms with van der Waals surface area (Å²) < 4.78 is 18.7. The monoisotopic (exact) mass is 462 g/mol. The van der Waals surface area contributed by atoms with E-state index in [9.17, 15) is 9.36 Å². The average Bonchev–Trinajstić information content (AvgIpc) is 3.36. The van der Waals surface area contributed by atoms with Gasteiger partial charge in [-0.3, -0.25) is 9.36 Å². The Bertz CT molecular complexity index is 1260. The Morgan fingerprint density at radius 2 is 1.75 bits per heavy atom. The van der Waals surface area contributed by atoms with Crippen LogP contribution in [0.2, 0.25) is 0 Å². The van der Waals surface area contributed by atoms with Crippen molar-refractivity contribution in [2.24, 2.45) is 0 Å². The lowest BCUT2D eigenvalue weighted by Gasteiger charge is -2.17. The fourth-order valence-electron chi connectivity index (χ4n) is 3.37. The maximum Gasteiger partial charge on any atom is 0.255 e. The van der Waals surface area contributed by atoms with Gasteiger partial charge >= 0.3 is 0 Å². The zero-order valence-corrected chi connectivity index (χ0v) is 19.2. The molecule has 1 atom stereocenters. The number of anilines is 2. The van der Waals surface area contributed by atoms with Crippen LogP contribution in [-0.2, 0) is 15.3 Å². The third kappa shape index (κ3) is 4.83. The van der Waals surface area contributed by atoms with Gasteiger partial charge in [-0.05, 0) is 59.0 Å². The first-order valence-corrected chi connectivity index (χ1v) is 12.7. The number of amides is 1. The van der Waals surface area contributed by atoms with Crippen molar-refractivity contribution in [3.05, 3.63) is 101 Å². The molecular formula is C25H23N2O3PS. The molecule has 0 fully saturated rings. The molecule has 32 heavy (non-hydrogen) atoms. The highest BCUT2D eigenvalue weighted by Gasteiger charge is 2.24. The van der Waals surface area contributed by atoms with Crippen molar-refractivity contribution in [2.45, 2.75) is 6.16 Å². The zero-order valence-electron chi connectivity index (χ0n) is 17.5. The fourth-order valence-corrected chi connectivity index (χ4v) is 5.94. The molecule has 3 N–H and O–H groups in total. The van der Waals surface area contributed by atoms with E-state index in [1.165, 1.54) is 7.11 Å². The summed E-state index contributed by atoms with van der Waals surface area (Å²) in [4.78, 5) is 13.9. The van der Waals surface area contributed by atoms with Crippen molar-refractivity contribution in [3.8, 4) is 10.4 Å². The quantitative estimate of drug-likeness (QED) is 0.261. The molecular weight excluding hydrogens is 439 g/mol. The summed E-state index contributed by atoms with van der Waals surface area (Å²) >= 11 is 1.63. The predicted octanol–water partition coefficient (Wildman–Crippen LogP) is 6.00. The van der Waals surface area contributed by atoms with E-state index in [0.29, 0.717) is 22.2 Å². The molecule has 1 amide bonds. The molecule has 0 saturated carbocycles. The summed E-state index contributed by atoms with van der Waals surface area (Å²) in [6, 6.07) is 25.8. The standard InChI is InChI=1S/C25H23N2O3PS/c1-30-31(29,21-6-3-2-4-7-21)17-18-9-11-19(12-10-18)25(28)27-23-16-20(13-14-22(23)26)24-8-5-15-32-24/h2-16H,17,26H2,1H3,(H,27,28). The Kier molecular flexibility index (Phi) is 6.56. The van der Waals surface area contributed by atoms with Crippen LogP contribution in [0, 0.1) is 0 Å². The van der Waals surface area contributed by atoms with Gasteiger partial charge in [0.25, 0.3) is 5.91 Å². The topological polar surface area (TPSA) is 81.4 Å². The number of carbonyl (C=O) groups excluding carboxylic acids is 1. The van der Waals surface area contributed by atoms with Crippen LogP contribution in [-0.4, -0.2) is 13.0 Å². The van der Waals surface area contributed by atoms with Crippen molar-refractivity contribution < 1.29 is 13.9 Å². The average molecular weight is 463 g/mol. The van der Waals surface area contributed by atoms with Crippen LogP contribution in [0.25, 0.3) is 10.4 Å². The summed E-state index contributed by atoms with van der Waals surface area (Å²) in [5, 5.41) is 5.57. The Balaban J connectivity index is 1.49. The zero-order chi connectivity index (χ0) is 22.6. The van der Waals surface area contributed by atoms with Crippen molar-refractivity contribution in [1.29, 1.82) is 0 Å². The maximum atomic E-state index is 13.3. The molecule has 0 radical (unpaired) electrons. The lowest BCUT2D eigenvalue weighted by atomic mass is 10.1. The van der Waals surface area contributed by atoms with Crippen molar-refractivity contribution in [3.63, 3.8) is 0 Å². The number of rotatable bonds is 7. The number of hydrogen-bond donors (Lipinski definition) is 2. The summed E-state index contributed by atoms with van der Waals surface area (Å²) in [6.45, 7) is 0. The molecule has 0 aliphatic rings. The van der Waals surface area contributed by atoms with E-state index in [-0.39, 0.29) is 12.1 Å². The van der Waals surface area contributed by atoms with Crippen molar-refractivity contribution in [2.75, 3.05) is 18.2 Å². The highest BCUT2D eigenvalue weighted by molar-refractivity contribution is 7.66. The van der Waals surface area contributed by atoms with Crippen LogP contribution in [0.5, 0.6) is 0 Å². The van der Waals surface area contributed by atoms with Gasteiger partial charge in [0.1, 0.15) is 0 Å². The molecule has 0 saturated heterocycles. The molecule has 4 rings (SSSR count). The number of nitrogens with one attached hydrogen (secondary N) is 1. The second kappa shape index (κ2) is 9.53. The number of nitrogens with two attached hydrogens (primary N) is 1. The van der Waals surface area contributed by atoms with Crippen LogP contribution in [0.4, 0.5) is 11.4 Å². The van der Waals surface area contributed by atoms with Crippen LogP contribution in [0.15, 0.2) is 90.3 Å². The largest absolute Gasteiger partial charge is 0.397 e. The molecule has 1 unspecified atom stereocenters. The van der Waals surface area contributed by atoms with Gasteiger partial charge in [0.15, 0.2) is 0 Å². The van der Waals surface area contributed by atoms with Crippen LogP contribution in [0.1, 0.15) is 15.9 Å². The molecule has 4 aromatic rings. The molecule has 162 valence electrons. The number of benzene rings is 3. The van der Waals surface area contributed by atoms with E-state index in [2.05, 4.69) is 5.32 Å². The molecule has 0 spiro atoms. The molecule has 3 aromatic carbocycles. The second-order valence-corrected chi connectivity index (χ2v) is 10.8. The van der Waals surface area contributed by atoms with Gasteiger partial charge in [-0.15, -0.1) is 11.3 Å². The van der Waals surface area contributed by atoms with E-state index >= 15 is 0 Å². The van der Waals surface area contributed by atoms with Crippen molar-refractivity contribution >= 4 is 41.3 Å². The summed E-state index contributed by atoms with van der Waals surface area (Å²) in [5.74, 6) is -0.260. The van der Waals surface area contributed by atoms with Gasteiger partial charge < -0.3 is 15.6 Å². The minimum atomic E-state index is -3.02. The second-order valence-electron chi connectivity index (χ2n) is 7.28. The third-order valence-corrected chi connectivity index (χ3v) is 8.53. The molecule has 0 aliphatic heterocycles. The molecule has 0 bridgehead atoms. The smallest absolute Gasteiger partial charge is 0.255 e. The van der Waals surface area contributed by atoms with Crippen LogP contribution < -0.4 is 16.4 Å². The van der Waals surface area contributed by atoms with Gasteiger partial charge in [-0.2, -0.15) is 0 Å². The van der Waals surface area contributed by atoms with Gasteiger partial charge in [0.2, 0.25) is 7.37 Å². The first kappa shape index (κ1) is 22.0. The van der Waals surface area contributed by atoms with E-state index in [4.69, 9.17) is 10.3 Å². The molecule has 1 aromatic heterocycles. The number of carbonyl (C=O) groups is 1. The molecule has 7 heteroatoms. The van der Waals surface area contributed by atoms with Crippen LogP contribution in [0.3, 0.4) is 0 Å². The van der Waals surface area contributed by atoms with E-state index in [1.807, 2.05) is 47.8 Å². The normalized spacial score (nSPS) is 12.8. The Morgan fingerprint density at radius 3 is 2.41 bits per heavy atom. The lowest BCUT2D eigenvalue weighted by Crippen LogP contribution is -2.13. The van der Waals surface area contributed by atoms with E-state index < -0.39 is 7.37 Å². The summed E-state index contributed by atoms with van der Waals surface area (Å²) in [7, 11) is -1.56. The first-order chi connectivity index (χ1) is 15.5.